The minimum absolute atomic E-state index is 0.0852. The number of hydrogen-bond donors (Lipinski definition) is 0. The standard InChI is InChI=1S/C11H10BrNOS/c1-8-3-2-6-13(11(8)14)7-9-4-5-10(12)15-9/h2-6H,7H2,1H3. The normalized spacial score (nSPS) is 10.5. The highest BCUT2D eigenvalue weighted by Gasteiger charge is 2.01. The summed E-state index contributed by atoms with van der Waals surface area (Å²) < 4.78 is 2.83. The molecule has 0 saturated carbocycles. The van der Waals surface area contributed by atoms with Crippen LogP contribution in [-0.4, -0.2) is 4.57 Å². The van der Waals surface area contributed by atoms with Crippen molar-refractivity contribution in [2.24, 2.45) is 0 Å². The van der Waals surface area contributed by atoms with E-state index in [0.717, 1.165) is 9.35 Å². The van der Waals surface area contributed by atoms with Gasteiger partial charge in [0.1, 0.15) is 0 Å². The summed E-state index contributed by atoms with van der Waals surface area (Å²) in [5.74, 6) is 0. The van der Waals surface area contributed by atoms with Gasteiger partial charge < -0.3 is 4.57 Å². The van der Waals surface area contributed by atoms with Crippen molar-refractivity contribution in [3.8, 4) is 0 Å². The molecule has 2 aromatic heterocycles. The first kappa shape index (κ1) is 10.6. The summed E-state index contributed by atoms with van der Waals surface area (Å²) in [7, 11) is 0. The van der Waals surface area contributed by atoms with Crippen LogP contribution in [0.1, 0.15) is 10.4 Å². The smallest absolute Gasteiger partial charge is 0.253 e. The van der Waals surface area contributed by atoms with E-state index in [4.69, 9.17) is 0 Å². The summed E-state index contributed by atoms with van der Waals surface area (Å²) in [5.41, 5.74) is 0.871. The second kappa shape index (κ2) is 4.33. The SMILES string of the molecule is Cc1cccn(Cc2ccc(Br)s2)c1=O. The van der Waals surface area contributed by atoms with Crippen molar-refractivity contribution in [2.45, 2.75) is 13.5 Å². The quantitative estimate of drug-likeness (QED) is 0.831. The number of halogens is 1. The molecule has 0 aliphatic rings. The van der Waals surface area contributed by atoms with Gasteiger partial charge in [0.05, 0.1) is 10.3 Å². The molecule has 0 aromatic carbocycles. The molecule has 0 amide bonds. The van der Waals surface area contributed by atoms with Gasteiger partial charge in [-0.2, -0.15) is 0 Å². The van der Waals surface area contributed by atoms with Gasteiger partial charge in [-0.1, -0.05) is 6.07 Å². The second-order valence-electron chi connectivity index (χ2n) is 3.33. The van der Waals surface area contributed by atoms with E-state index in [2.05, 4.69) is 15.9 Å². The van der Waals surface area contributed by atoms with Crippen molar-refractivity contribution in [2.75, 3.05) is 0 Å². The second-order valence-corrected chi connectivity index (χ2v) is 5.88. The minimum Gasteiger partial charge on any atom is -0.310 e. The molecule has 0 N–H and O–H groups in total. The molecule has 4 heteroatoms. The van der Waals surface area contributed by atoms with Crippen LogP contribution in [0.5, 0.6) is 0 Å². The molecule has 2 heterocycles. The largest absolute Gasteiger partial charge is 0.310 e. The molecule has 0 fully saturated rings. The fourth-order valence-electron chi connectivity index (χ4n) is 1.39. The molecule has 0 spiro atoms. The van der Waals surface area contributed by atoms with E-state index >= 15 is 0 Å². The van der Waals surface area contributed by atoms with Crippen LogP contribution in [0.2, 0.25) is 0 Å². The zero-order chi connectivity index (χ0) is 10.8. The third-order valence-electron chi connectivity index (χ3n) is 2.17. The summed E-state index contributed by atoms with van der Waals surface area (Å²) in [6, 6.07) is 7.77. The van der Waals surface area contributed by atoms with Crippen molar-refractivity contribution in [3.63, 3.8) is 0 Å². The van der Waals surface area contributed by atoms with Gasteiger partial charge in [0, 0.05) is 16.6 Å². The number of pyridine rings is 1. The Balaban J connectivity index is 2.32. The van der Waals surface area contributed by atoms with Crippen molar-refractivity contribution < 1.29 is 0 Å². The number of aromatic nitrogens is 1. The molecule has 0 radical (unpaired) electrons. The molecule has 0 aliphatic carbocycles. The number of hydrogen-bond acceptors (Lipinski definition) is 2. The predicted molar refractivity (Wildman–Crippen MR) is 66.6 cm³/mol. The van der Waals surface area contributed by atoms with E-state index in [1.807, 2.05) is 37.4 Å². The van der Waals surface area contributed by atoms with Gasteiger partial charge in [0.2, 0.25) is 0 Å². The maximum absolute atomic E-state index is 11.7. The first-order chi connectivity index (χ1) is 7.16. The predicted octanol–water partition coefficient (Wildman–Crippen LogP) is 3.03. The Kier molecular flexibility index (Phi) is 3.07. The van der Waals surface area contributed by atoms with Crippen molar-refractivity contribution >= 4 is 27.3 Å². The van der Waals surface area contributed by atoms with Crippen LogP contribution in [-0.2, 0) is 6.54 Å². The molecule has 2 aromatic rings. The number of rotatable bonds is 2. The monoisotopic (exact) mass is 283 g/mol. The van der Waals surface area contributed by atoms with E-state index in [1.165, 1.54) is 4.88 Å². The highest BCUT2D eigenvalue weighted by molar-refractivity contribution is 9.11. The number of aryl methyl sites for hydroxylation is 1. The zero-order valence-corrected chi connectivity index (χ0v) is 10.6. The lowest BCUT2D eigenvalue weighted by molar-refractivity contribution is 0.762. The van der Waals surface area contributed by atoms with Gasteiger partial charge in [-0.15, -0.1) is 11.3 Å². The summed E-state index contributed by atoms with van der Waals surface area (Å²) in [6.07, 6.45) is 1.82. The molecular weight excluding hydrogens is 274 g/mol. The molecule has 15 heavy (non-hydrogen) atoms. The Hall–Kier alpha value is -0.870. The van der Waals surface area contributed by atoms with E-state index in [9.17, 15) is 4.79 Å². The molecule has 2 nitrogen and oxygen atoms in total. The van der Waals surface area contributed by atoms with Gasteiger partial charge in [-0.3, -0.25) is 4.79 Å². The van der Waals surface area contributed by atoms with Gasteiger partial charge in [-0.25, -0.2) is 0 Å². The summed E-state index contributed by atoms with van der Waals surface area (Å²) in [5, 5.41) is 0. The highest BCUT2D eigenvalue weighted by atomic mass is 79.9. The first-order valence-corrected chi connectivity index (χ1v) is 6.18. The number of thiophene rings is 1. The van der Waals surface area contributed by atoms with Crippen LogP contribution < -0.4 is 5.56 Å². The summed E-state index contributed by atoms with van der Waals surface area (Å²) >= 11 is 5.06. The molecule has 0 unspecified atom stereocenters. The molecule has 0 aliphatic heterocycles. The fraction of sp³-hybridized carbons (Fsp3) is 0.182. The van der Waals surface area contributed by atoms with Crippen molar-refractivity contribution in [1.82, 2.24) is 4.57 Å². The first-order valence-electron chi connectivity index (χ1n) is 4.57. The van der Waals surface area contributed by atoms with Crippen LogP contribution in [0.15, 0.2) is 39.0 Å². The third kappa shape index (κ3) is 2.38. The Morgan fingerprint density at radius 3 is 2.87 bits per heavy atom. The van der Waals surface area contributed by atoms with Gasteiger partial charge in [0.15, 0.2) is 0 Å². The van der Waals surface area contributed by atoms with E-state index in [-0.39, 0.29) is 5.56 Å². The maximum atomic E-state index is 11.7. The van der Waals surface area contributed by atoms with E-state index < -0.39 is 0 Å². The van der Waals surface area contributed by atoms with Crippen LogP contribution >= 0.6 is 27.3 Å². The van der Waals surface area contributed by atoms with Crippen LogP contribution in [0.3, 0.4) is 0 Å². The molecule has 2 rings (SSSR count). The third-order valence-corrected chi connectivity index (χ3v) is 3.77. The highest BCUT2D eigenvalue weighted by Crippen LogP contribution is 2.22. The lowest BCUT2D eigenvalue weighted by atomic mass is 10.3. The number of nitrogens with zero attached hydrogens (tertiary/aromatic N) is 1. The Morgan fingerprint density at radius 1 is 1.40 bits per heavy atom. The lowest BCUT2D eigenvalue weighted by Crippen LogP contribution is -2.21. The fourth-order valence-corrected chi connectivity index (χ4v) is 2.87. The molecule has 0 bridgehead atoms. The maximum Gasteiger partial charge on any atom is 0.253 e. The summed E-state index contributed by atoms with van der Waals surface area (Å²) in [4.78, 5) is 12.9. The Morgan fingerprint density at radius 2 is 2.20 bits per heavy atom. The topological polar surface area (TPSA) is 22.0 Å². The molecule has 0 atom stereocenters. The molecular formula is C11H10BrNOS. The zero-order valence-electron chi connectivity index (χ0n) is 8.24. The van der Waals surface area contributed by atoms with Crippen molar-refractivity contribution in [3.05, 3.63) is 55.0 Å². The average Bonchev–Trinajstić information content (AvgIpc) is 2.59. The molecule has 78 valence electrons. The van der Waals surface area contributed by atoms with Crippen LogP contribution in [0, 0.1) is 6.92 Å². The van der Waals surface area contributed by atoms with Gasteiger partial charge >= 0.3 is 0 Å². The molecule has 0 saturated heterocycles. The summed E-state index contributed by atoms with van der Waals surface area (Å²) in [6.45, 7) is 2.49. The van der Waals surface area contributed by atoms with Crippen LogP contribution in [0.25, 0.3) is 0 Å². The van der Waals surface area contributed by atoms with Crippen LogP contribution in [0.4, 0.5) is 0 Å². The van der Waals surface area contributed by atoms with E-state index in [1.54, 1.807) is 15.9 Å². The lowest BCUT2D eigenvalue weighted by Gasteiger charge is -2.03. The Labute approximate surface area is 100 Å². The Bertz CT molecular complexity index is 529. The van der Waals surface area contributed by atoms with Gasteiger partial charge in [0.25, 0.3) is 5.56 Å². The average molecular weight is 284 g/mol. The van der Waals surface area contributed by atoms with Crippen molar-refractivity contribution in [1.29, 1.82) is 0 Å². The van der Waals surface area contributed by atoms with Gasteiger partial charge in [-0.05, 0) is 41.1 Å². The van der Waals surface area contributed by atoms with E-state index in [0.29, 0.717) is 6.54 Å². The minimum atomic E-state index is 0.0852.